The molecule has 0 atom stereocenters. The SMILES string of the molecule is C=C/C=C\C(=C)C.CC.CF.Cc1ccccc1. The van der Waals surface area contributed by atoms with Crippen LogP contribution in [0.2, 0.25) is 0 Å². The number of benzene rings is 1. The van der Waals surface area contributed by atoms with Gasteiger partial charge >= 0.3 is 0 Å². The van der Waals surface area contributed by atoms with Gasteiger partial charge in [0.1, 0.15) is 0 Å². The van der Waals surface area contributed by atoms with Crippen LogP contribution in [-0.4, -0.2) is 7.18 Å². The van der Waals surface area contributed by atoms with E-state index >= 15 is 0 Å². The maximum absolute atomic E-state index is 9.50. The molecule has 18 heavy (non-hydrogen) atoms. The smallest absolute Gasteiger partial charge is 0.0785 e. The summed E-state index contributed by atoms with van der Waals surface area (Å²) in [4.78, 5) is 0. The molecule has 0 radical (unpaired) electrons. The van der Waals surface area contributed by atoms with Crippen LogP contribution in [0.1, 0.15) is 26.3 Å². The Hall–Kier alpha value is -1.63. The normalized spacial score (nSPS) is 7.67. The van der Waals surface area contributed by atoms with Crippen molar-refractivity contribution in [1.29, 1.82) is 0 Å². The predicted octanol–water partition coefficient (Wildman–Crippen LogP) is 5.91. The predicted molar refractivity (Wildman–Crippen MR) is 83.7 cm³/mol. The summed E-state index contributed by atoms with van der Waals surface area (Å²) in [6.45, 7) is 15.2. The number of hydrogen-bond acceptors (Lipinski definition) is 0. The summed E-state index contributed by atoms with van der Waals surface area (Å²) in [5, 5.41) is 0. The standard InChI is InChI=1S/C7H8.C7H10.C2H6.CH3F/c1-7-5-3-2-4-6-7;1-4-5-6-7(2)3;2*1-2/h2-6H,1H3;4-6H,1-2H2,3H3;1-2H3;1H3/b;6-5-;;. The van der Waals surface area contributed by atoms with Gasteiger partial charge in [0.2, 0.25) is 0 Å². The van der Waals surface area contributed by atoms with Crippen LogP contribution in [0.25, 0.3) is 0 Å². The van der Waals surface area contributed by atoms with E-state index in [1.807, 2.05) is 51.1 Å². The fraction of sp³-hybridized carbons (Fsp3) is 0.294. The van der Waals surface area contributed by atoms with Gasteiger partial charge in [-0.05, 0) is 13.8 Å². The largest absolute Gasteiger partial charge is 0.255 e. The van der Waals surface area contributed by atoms with Gasteiger partial charge < -0.3 is 0 Å². The Morgan fingerprint density at radius 1 is 1.11 bits per heavy atom. The number of allylic oxidation sites excluding steroid dienone is 4. The number of aryl methyl sites for hydroxylation is 1. The van der Waals surface area contributed by atoms with Crippen LogP contribution in [0.4, 0.5) is 4.39 Å². The molecule has 0 amide bonds. The van der Waals surface area contributed by atoms with Crippen molar-refractivity contribution in [3.05, 3.63) is 72.9 Å². The minimum atomic E-state index is 0.500. The van der Waals surface area contributed by atoms with E-state index in [0.717, 1.165) is 5.57 Å². The van der Waals surface area contributed by atoms with Gasteiger partial charge in [-0.2, -0.15) is 0 Å². The summed E-state index contributed by atoms with van der Waals surface area (Å²) in [5.41, 5.74) is 2.38. The van der Waals surface area contributed by atoms with Crippen molar-refractivity contribution in [3.8, 4) is 0 Å². The van der Waals surface area contributed by atoms with Crippen LogP contribution in [-0.2, 0) is 0 Å². The molecule has 0 spiro atoms. The van der Waals surface area contributed by atoms with Gasteiger partial charge in [-0.25, -0.2) is 0 Å². The topological polar surface area (TPSA) is 0 Å². The maximum Gasteiger partial charge on any atom is 0.0785 e. The third-order valence-electron chi connectivity index (χ3n) is 1.46. The van der Waals surface area contributed by atoms with Gasteiger partial charge in [0.05, 0.1) is 7.18 Å². The third kappa shape index (κ3) is 23.9. The number of alkyl halides is 1. The summed E-state index contributed by atoms with van der Waals surface area (Å²) in [6, 6.07) is 10.3. The maximum atomic E-state index is 9.50. The molecule has 0 aliphatic heterocycles. The molecule has 0 unspecified atom stereocenters. The van der Waals surface area contributed by atoms with Crippen LogP contribution in [0.5, 0.6) is 0 Å². The van der Waals surface area contributed by atoms with Gasteiger partial charge in [0.15, 0.2) is 0 Å². The lowest BCUT2D eigenvalue weighted by Gasteiger charge is -1.82. The fourth-order valence-electron chi connectivity index (χ4n) is 0.767. The molecule has 0 fully saturated rings. The first-order valence-corrected chi connectivity index (χ1v) is 6.01. The van der Waals surface area contributed by atoms with Crippen LogP contribution in [0, 0.1) is 6.92 Å². The average molecular weight is 250 g/mol. The quantitative estimate of drug-likeness (QED) is 0.572. The molecule has 1 aromatic rings. The lowest BCUT2D eigenvalue weighted by Crippen LogP contribution is -1.62. The molecule has 0 saturated heterocycles. The molecule has 102 valence electrons. The monoisotopic (exact) mass is 250 g/mol. The third-order valence-corrected chi connectivity index (χ3v) is 1.46. The molecule has 0 bridgehead atoms. The van der Waals surface area contributed by atoms with E-state index in [0.29, 0.717) is 7.18 Å². The van der Waals surface area contributed by atoms with E-state index < -0.39 is 0 Å². The minimum Gasteiger partial charge on any atom is -0.255 e. The van der Waals surface area contributed by atoms with Gasteiger partial charge in [-0.1, -0.05) is 86.7 Å². The van der Waals surface area contributed by atoms with Gasteiger partial charge in [-0.3, -0.25) is 4.39 Å². The molecular formula is C17H27F. The first-order valence-electron chi connectivity index (χ1n) is 6.01. The summed E-state index contributed by atoms with van der Waals surface area (Å²) in [6.07, 6.45) is 5.50. The Kier molecular flexibility index (Phi) is 24.9. The zero-order valence-electron chi connectivity index (χ0n) is 12.4. The molecule has 1 heteroatoms. The van der Waals surface area contributed by atoms with Crippen LogP contribution in [0.15, 0.2) is 67.3 Å². The molecule has 0 nitrogen and oxygen atoms in total. The average Bonchev–Trinajstić information content (AvgIpc) is 2.42. The van der Waals surface area contributed by atoms with E-state index in [4.69, 9.17) is 0 Å². The summed E-state index contributed by atoms with van der Waals surface area (Å²) in [5.74, 6) is 0. The Labute approximate surface area is 113 Å². The minimum absolute atomic E-state index is 0.500. The van der Waals surface area contributed by atoms with Gasteiger partial charge in [0.25, 0.3) is 0 Å². The number of halogens is 1. The lowest BCUT2D eigenvalue weighted by atomic mass is 10.2. The summed E-state index contributed by atoms with van der Waals surface area (Å²) < 4.78 is 9.50. The molecule has 1 rings (SSSR count). The Morgan fingerprint density at radius 2 is 1.56 bits per heavy atom. The van der Waals surface area contributed by atoms with E-state index in [-0.39, 0.29) is 0 Å². The van der Waals surface area contributed by atoms with Crippen molar-refractivity contribution in [2.45, 2.75) is 27.7 Å². The van der Waals surface area contributed by atoms with E-state index in [1.54, 1.807) is 6.08 Å². The van der Waals surface area contributed by atoms with Crippen molar-refractivity contribution in [2.24, 2.45) is 0 Å². The van der Waals surface area contributed by atoms with Crippen LogP contribution < -0.4 is 0 Å². The van der Waals surface area contributed by atoms with Crippen LogP contribution in [0.3, 0.4) is 0 Å². The van der Waals surface area contributed by atoms with Crippen molar-refractivity contribution in [3.63, 3.8) is 0 Å². The molecule has 0 aromatic heterocycles. The Bertz CT molecular complexity index is 297. The summed E-state index contributed by atoms with van der Waals surface area (Å²) >= 11 is 0. The Balaban J connectivity index is -0.000000196. The van der Waals surface area contributed by atoms with Crippen LogP contribution >= 0.6 is 0 Å². The number of hydrogen-bond donors (Lipinski definition) is 0. The molecular weight excluding hydrogens is 223 g/mol. The molecule has 0 saturated carbocycles. The van der Waals surface area contributed by atoms with Gasteiger partial charge in [-0.15, -0.1) is 0 Å². The molecule has 0 aliphatic carbocycles. The second-order valence-electron chi connectivity index (χ2n) is 3.10. The molecule has 0 N–H and O–H groups in total. The highest BCUT2D eigenvalue weighted by atomic mass is 19.1. The van der Waals surface area contributed by atoms with Crippen molar-refractivity contribution in [2.75, 3.05) is 7.18 Å². The zero-order valence-corrected chi connectivity index (χ0v) is 12.4. The second-order valence-corrected chi connectivity index (χ2v) is 3.10. The van der Waals surface area contributed by atoms with Crippen molar-refractivity contribution >= 4 is 0 Å². The van der Waals surface area contributed by atoms with Crippen molar-refractivity contribution in [1.82, 2.24) is 0 Å². The molecule has 0 aliphatic rings. The molecule has 1 aromatic carbocycles. The first kappa shape index (κ1) is 21.6. The highest BCUT2D eigenvalue weighted by Gasteiger charge is 1.72. The Morgan fingerprint density at radius 3 is 1.72 bits per heavy atom. The summed E-state index contributed by atoms with van der Waals surface area (Å²) in [7, 11) is 0.500. The highest BCUT2D eigenvalue weighted by Crippen LogP contribution is 1.92. The second kappa shape index (κ2) is 20.7. The molecule has 0 heterocycles. The first-order chi connectivity index (χ1) is 8.66. The fourth-order valence-corrected chi connectivity index (χ4v) is 0.767. The number of rotatable bonds is 2. The lowest BCUT2D eigenvalue weighted by molar-refractivity contribution is 0.636. The van der Waals surface area contributed by atoms with E-state index in [9.17, 15) is 4.39 Å². The van der Waals surface area contributed by atoms with Crippen molar-refractivity contribution < 1.29 is 4.39 Å². The van der Waals surface area contributed by atoms with Gasteiger partial charge in [0, 0.05) is 0 Å². The van der Waals surface area contributed by atoms with E-state index in [2.05, 4.69) is 32.2 Å². The highest BCUT2D eigenvalue weighted by molar-refractivity contribution is 5.15. The zero-order chi connectivity index (χ0) is 14.8. The van der Waals surface area contributed by atoms with E-state index in [1.165, 1.54) is 5.56 Å².